The van der Waals surface area contributed by atoms with Gasteiger partial charge in [-0.3, -0.25) is 0 Å². The number of rotatable bonds is 2. The average Bonchev–Trinajstić information content (AvgIpc) is 2.57. The Labute approximate surface area is 98.7 Å². The van der Waals surface area contributed by atoms with Crippen LogP contribution in [0.2, 0.25) is 0 Å². The highest BCUT2D eigenvalue weighted by atomic mass is 15.1. The third kappa shape index (κ3) is 2.76. The molecule has 0 aromatic heterocycles. The van der Waals surface area contributed by atoms with Crippen LogP contribution in [-0.2, 0) is 0 Å². The first kappa shape index (κ1) is 11.5. The van der Waals surface area contributed by atoms with E-state index in [0.29, 0.717) is 5.92 Å². The molecule has 1 aromatic carbocycles. The van der Waals surface area contributed by atoms with Crippen molar-refractivity contribution in [2.75, 3.05) is 32.1 Å². The van der Waals surface area contributed by atoms with Crippen LogP contribution in [0.3, 0.4) is 0 Å². The van der Waals surface area contributed by atoms with Crippen molar-refractivity contribution in [1.29, 1.82) is 0 Å². The summed E-state index contributed by atoms with van der Waals surface area (Å²) in [5.41, 5.74) is 2.79. The molecule has 0 bridgehead atoms. The van der Waals surface area contributed by atoms with Crippen molar-refractivity contribution >= 4 is 5.69 Å². The van der Waals surface area contributed by atoms with Gasteiger partial charge in [0.05, 0.1) is 0 Å². The molecule has 2 heteroatoms. The molecule has 1 saturated heterocycles. The van der Waals surface area contributed by atoms with Gasteiger partial charge in [0.25, 0.3) is 0 Å². The van der Waals surface area contributed by atoms with Crippen molar-refractivity contribution < 1.29 is 0 Å². The second-order valence-corrected chi connectivity index (χ2v) is 4.89. The predicted octanol–water partition coefficient (Wildman–Crippen LogP) is 2.61. The molecule has 0 amide bonds. The first-order chi connectivity index (χ1) is 7.77. The number of benzene rings is 1. The molecule has 2 rings (SSSR count). The summed E-state index contributed by atoms with van der Waals surface area (Å²) < 4.78 is 0. The van der Waals surface area contributed by atoms with E-state index >= 15 is 0 Å². The van der Waals surface area contributed by atoms with Gasteiger partial charge in [0.1, 0.15) is 0 Å². The molecule has 1 aromatic rings. The molecule has 1 N–H and O–H groups in total. The minimum absolute atomic E-state index is 0.697. The molecule has 0 radical (unpaired) electrons. The smallest absolute Gasteiger partial charge is 0.0363 e. The highest BCUT2D eigenvalue weighted by Gasteiger charge is 2.14. The predicted molar refractivity (Wildman–Crippen MR) is 70.2 cm³/mol. The average molecular weight is 218 g/mol. The van der Waals surface area contributed by atoms with Crippen molar-refractivity contribution in [2.45, 2.75) is 25.2 Å². The highest BCUT2D eigenvalue weighted by molar-refractivity contribution is 5.48. The van der Waals surface area contributed by atoms with E-state index in [9.17, 15) is 0 Å². The maximum atomic E-state index is 3.53. The Kier molecular flexibility index (Phi) is 3.83. The highest BCUT2D eigenvalue weighted by Crippen LogP contribution is 2.26. The van der Waals surface area contributed by atoms with E-state index in [0.717, 1.165) is 6.54 Å². The van der Waals surface area contributed by atoms with Crippen LogP contribution in [0.4, 0.5) is 5.69 Å². The van der Waals surface area contributed by atoms with E-state index < -0.39 is 0 Å². The molecular formula is C14H22N2. The molecule has 88 valence electrons. The summed E-state index contributed by atoms with van der Waals surface area (Å²) in [7, 11) is 4.20. The fourth-order valence-corrected chi connectivity index (χ4v) is 2.36. The van der Waals surface area contributed by atoms with Crippen LogP contribution in [0.5, 0.6) is 0 Å². The van der Waals surface area contributed by atoms with Crippen LogP contribution in [-0.4, -0.2) is 27.2 Å². The first-order valence-corrected chi connectivity index (χ1v) is 6.25. The van der Waals surface area contributed by atoms with Crippen LogP contribution < -0.4 is 10.2 Å². The van der Waals surface area contributed by atoms with Gasteiger partial charge in [0.15, 0.2) is 0 Å². The quantitative estimate of drug-likeness (QED) is 0.821. The summed E-state index contributed by atoms with van der Waals surface area (Å²) >= 11 is 0. The summed E-state index contributed by atoms with van der Waals surface area (Å²) in [6.07, 6.45) is 4.00. The molecular weight excluding hydrogens is 196 g/mol. The Balaban J connectivity index is 2.15. The molecule has 0 spiro atoms. The molecule has 1 unspecified atom stereocenters. The van der Waals surface area contributed by atoms with Gasteiger partial charge >= 0.3 is 0 Å². The molecule has 1 aliphatic heterocycles. The Bertz CT molecular complexity index is 325. The van der Waals surface area contributed by atoms with Crippen LogP contribution in [0, 0.1) is 0 Å². The fourth-order valence-electron chi connectivity index (χ4n) is 2.36. The lowest BCUT2D eigenvalue weighted by atomic mass is 9.94. The molecule has 1 atom stereocenters. The molecule has 0 saturated carbocycles. The second kappa shape index (κ2) is 5.35. The lowest BCUT2D eigenvalue weighted by molar-refractivity contribution is 0.610. The molecule has 2 nitrogen and oxygen atoms in total. The van der Waals surface area contributed by atoms with E-state index in [-0.39, 0.29) is 0 Å². The molecule has 1 fully saturated rings. The number of nitrogens with one attached hydrogen (secondary N) is 1. The number of hydrogen-bond acceptors (Lipinski definition) is 2. The lowest BCUT2D eigenvalue weighted by Crippen LogP contribution is -2.19. The van der Waals surface area contributed by atoms with E-state index in [1.807, 2.05) is 0 Å². The van der Waals surface area contributed by atoms with Crippen molar-refractivity contribution in [3.05, 3.63) is 29.8 Å². The van der Waals surface area contributed by atoms with E-state index in [2.05, 4.69) is 48.6 Å². The van der Waals surface area contributed by atoms with Gasteiger partial charge < -0.3 is 10.2 Å². The van der Waals surface area contributed by atoms with Gasteiger partial charge in [-0.2, -0.15) is 0 Å². The molecule has 1 aliphatic rings. The minimum atomic E-state index is 0.697. The summed E-state index contributed by atoms with van der Waals surface area (Å²) in [6, 6.07) is 8.95. The lowest BCUT2D eigenvalue weighted by Gasteiger charge is -2.18. The van der Waals surface area contributed by atoms with E-state index in [1.54, 1.807) is 0 Å². The SMILES string of the molecule is CN(C)c1cccc(C2CCCCNC2)c1. The fraction of sp³-hybridized carbons (Fsp3) is 0.571. The summed E-state index contributed by atoms with van der Waals surface area (Å²) in [5.74, 6) is 0.697. The zero-order valence-electron chi connectivity index (χ0n) is 10.4. The monoisotopic (exact) mass is 218 g/mol. The van der Waals surface area contributed by atoms with Gasteiger partial charge in [0.2, 0.25) is 0 Å². The number of hydrogen-bond donors (Lipinski definition) is 1. The van der Waals surface area contributed by atoms with Crippen molar-refractivity contribution in [1.82, 2.24) is 5.32 Å². The zero-order valence-corrected chi connectivity index (χ0v) is 10.4. The third-order valence-electron chi connectivity index (χ3n) is 3.40. The largest absolute Gasteiger partial charge is 0.378 e. The van der Waals surface area contributed by atoms with Crippen molar-refractivity contribution in [2.24, 2.45) is 0 Å². The van der Waals surface area contributed by atoms with Crippen LogP contribution in [0.1, 0.15) is 30.7 Å². The maximum absolute atomic E-state index is 3.53. The molecule has 1 heterocycles. The van der Waals surface area contributed by atoms with Gasteiger partial charge in [0, 0.05) is 26.3 Å². The van der Waals surface area contributed by atoms with Gasteiger partial charge in [-0.1, -0.05) is 18.6 Å². The number of nitrogens with zero attached hydrogens (tertiary/aromatic N) is 1. The summed E-state index contributed by atoms with van der Waals surface area (Å²) in [6.45, 7) is 2.32. The molecule has 0 aliphatic carbocycles. The third-order valence-corrected chi connectivity index (χ3v) is 3.40. The zero-order chi connectivity index (χ0) is 11.4. The Morgan fingerprint density at radius 3 is 2.94 bits per heavy atom. The molecule has 16 heavy (non-hydrogen) atoms. The first-order valence-electron chi connectivity index (χ1n) is 6.25. The van der Waals surface area contributed by atoms with Crippen LogP contribution in [0.15, 0.2) is 24.3 Å². The normalized spacial score (nSPS) is 21.5. The standard InChI is InChI=1S/C14H22N2/c1-16(2)14-8-5-7-12(10-14)13-6-3-4-9-15-11-13/h5,7-8,10,13,15H,3-4,6,9,11H2,1-2H3. The summed E-state index contributed by atoms with van der Waals surface area (Å²) in [5, 5.41) is 3.53. The van der Waals surface area contributed by atoms with Gasteiger partial charge in [-0.15, -0.1) is 0 Å². The number of anilines is 1. The van der Waals surface area contributed by atoms with Crippen molar-refractivity contribution in [3.8, 4) is 0 Å². The van der Waals surface area contributed by atoms with E-state index in [1.165, 1.54) is 37.1 Å². The van der Waals surface area contributed by atoms with Crippen LogP contribution >= 0.6 is 0 Å². The topological polar surface area (TPSA) is 15.3 Å². The maximum Gasteiger partial charge on any atom is 0.0363 e. The minimum Gasteiger partial charge on any atom is -0.378 e. The Morgan fingerprint density at radius 1 is 1.25 bits per heavy atom. The Hall–Kier alpha value is -1.02. The summed E-state index contributed by atoms with van der Waals surface area (Å²) in [4.78, 5) is 2.17. The van der Waals surface area contributed by atoms with Crippen molar-refractivity contribution in [3.63, 3.8) is 0 Å². The van der Waals surface area contributed by atoms with Gasteiger partial charge in [-0.25, -0.2) is 0 Å². The van der Waals surface area contributed by atoms with Crippen LogP contribution in [0.25, 0.3) is 0 Å². The second-order valence-electron chi connectivity index (χ2n) is 4.89. The van der Waals surface area contributed by atoms with Gasteiger partial charge in [-0.05, 0) is 43.0 Å². The van der Waals surface area contributed by atoms with E-state index in [4.69, 9.17) is 0 Å². The Morgan fingerprint density at radius 2 is 2.12 bits per heavy atom.